The minimum Gasteiger partial charge on any atom is -0.494 e. The molecule has 1 saturated carbocycles. The van der Waals surface area contributed by atoms with Gasteiger partial charge in [-0.25, -0.2) is 4.79 Å². The minimum atomic E-state index is -0.588. The highest BCUT2D eigenvalue weighted by atomic mass is 32.2. The average molecular weight is 448 g/mol. The van der Waals surface area contributed by atoms with Crippen molar-refractivity contribution in [2.24, 2.45) is 4.99 Å². The third-order valence-electron chi connectivity index (χ3n) is 6.29. The quantitative estimate of drug-likeness (QED) is 0.584. The van der Waals surface area contributed by atoms with E-state index in [-0.39, 0.29) is 22.7 Å². The lowest BCUT2D eigenvalue weighted by atomic mass is 9.95. The van der Waals surface area contributed by atoms with Crippen molar-refractivity contribution >= 4 is 23.2 Å². The highest BCUT2D eigenvalue weighted by Gasteiger charge is 2.29. The Balaban J connectivity index is 1.66. The number of hydrogen-bond donors (Lipinski definition) is 2. The lowest BCUT2D eigenvalue weighted by Gasteiger charge is -2.25. The lowest BCUT2D eigenvalue weighted by molar-refractivity contribution is 0.298. The first-order chi connectivity index (χ1) is 15.6. The Bertz CT molecular complexity index is 1270. The molecule has 7 heteroatoms. The summed E-state index contributed by atoms with van der Waals surface area (Å²) in [7, 11) is 0. The molecule has 1 aliphatic heterocycles. The zero-order valence-corrected chi connectivity index (χ0v) is 18.5. The number of H-pyrrole nitrogens is 1. The summed E-state index contributed by atoms with van der Waals surface area (Å²) in [5.41, 5.74) is 1.35. The molecule has 1 aliphatic carbocycles. The van der Waals surface area contributed by atoms with Crippen molar-refractivity contribution < 1.29 is 5.11 Å². The first kappa shape index (κ1) is 20.8. The van der Waals surface area contributed by atoms with E-state index in [2.05, 4.69) is 17.1 Å². The van der Waals surface area contributed by atoms with Gasteiger partial charge in [-0.05, 0) is 30.5 Å². The molecule has 0 radical (unpaired) electrons. The van der Waals surface area contributed by atoms with Crippen molar-refractivity contribution in [2.75, 3.05) is 0 Å². The summed E-state index contributed by atoms with van der Waals surface area (Å²) in [6.45, 7) is 0. The van der Waals surface area contributed by atoms with Gasteiger partial charge in [-0.2, -0.15) is 0 Å². The molecule has 5 rings (SSSR count). The highest BCUT2D eigenvalue weighted by molar-refractivity contribution is 7.99. The zero-order valence-electron chi connectivity index (χ0n) is 17.7. The molecule has 32 heavy (non-hydrogen) atoms. The number of thioether (sulfide) groups is 1. The molecule has 0 saturated heterocycles. The van der Waals surface area contributed by atoms with E-state index in [0.29, 0.717) is 12.1 Å². The molecule has 3 aromatic rings. The summed E-state index contributed by atoms with van der Waals surface area (Å²) in [6.07, 6.45) is 5.23. The van der Waals surface area contributed by atoms with Crippen LogP contribution < -0.4 is 11.2 Å². The molecular weight excluding hydrogens is 422 g/mol. The van der Waals surface area contributed by atoms with Crippen LogP contribution in [-0.4, -0.2) is 20.4 Å². The molecule has 1 aromatic heterocycles. The van der Waals surface area contributed by atoms with Gasteiger partial charge in [0.1, 0.15) is 5.56 Å². The smallest absolute Gasteiger partial charge is 0.331 e. The van der Waals surface area contributed by atoms with Crippen LogP contribution in [-0.2, 0) is 0 Å². The van der Waals surface area contributed by atoms with Crippen molar-refractivity contribution in [3.8, 4) is 5.88 Å². The normalized spacial score (nSPS) is 19.1. The number of fused-ring (bicyclic) bond motifs is 1. The van der Waals surface area contributed by atoms with E-state index in [9.17, 15) is 14.7 Å². The molecule has 1 atom stereocenters. The molecular formula is C25H25N3O3S. The van der Waals surface area contributed by atoms with E-state index in [1.54, 1.807) is 11.8 Å². The van der Waals surface area contributed by atoms with E-state index in [1.807, 2.05) is 42.5 Å². The van der Waals surface area contributed by atoms with Crippen LogP contribution in [0.25, 0.3) is 0 Å². The Kier molecular flexibility index (Phi) is 5.74. The molecule has 0 bridgehead atoms. The molecule has 2 N–H and O–H groups in total. The van der Waals surface area contributed by atoms with E-state index in [4.69, 9.17) is 4.99 Å². The van der Waals surface area contributed by atoms with E-state index < -0.39 is 11.2 Å². The summed E-state index contributed by atoms with van der Waals surface area (Å²) in [5, 5.41) is 11.2. The number of hydrogen-bond acceptors (Lipinski definition) is 5. The maximum atomic E-state index is 12.9. The van der Waals surface area contributed by atoms with Crippen LogP contribution in [0.3, 0.4) is 0 Å². The van der Waals surface area contributed by atoms with Gasteiger partial charge in [-0.15, -0.1) is 11.8 Å². The van der Waals surface area contributed by atoms with Gasteiger partial charge in [-0.3, -0.25) is 19.3 Å². The molecule has 0 amide bonds. The van der Waals surface area contributed by atoms with Gasteiger partial charge in [-0.1, -0.05) is 61.7 Å². The van der Waals surface area contributed by atoms with E-state index >= 15 is 0 Å². The summed E-state index contributed by atoms with van der Waals surface area (Å²) in [6, 6.07) is 17.8. The number of nitrogens with zero attached hydrogens (tertiary/aromatic N) is 2. The molecule has 2 aromatic carbocycles. The van der Waals surface area contributed by atoms with Crippen molar-refractivity contribution in [3.63, 3.8) is 0 Å². The van der Waals surface area contributed by atoms with Crippen molar-refractivity contribution in [1.82, 2.24) is 9.55 Å². The summed E-state index contributed by atoms with van der Waals surface area (Å²) >= 11 is 1.70. The third-order valence-corrected chi connectivity index (χ3v) is 7.61. The monoisotopic (exact) mass is 447 g/mol. The Morgan fingerprint density at radius 3 is 2.47 bits per heavy atom. The number of aromatic hydroxyl groups is 1. The second kappa shape index (κ2) is 8.82. The Labute approximate surface area is 190 Å². The molecule has 0 spiro atoms. The van der Waals surface area contributed by atoms with Crippen molar-refractivity contribution in [1.29, 1.82) is 0 Å². The molecule has 2 aliphatic rings. The predicted molar refractivity (Wildman–Crippen MR) is 127 cm³/mol. The van der Waals surface area contributed by atoms with Crippen LogP contribution in [0, 0.1) is 0 Å². The standard InChI is InChI=1S/C25H25N3O3S/c29-23-22(24(30)28(25(31)27-23)17-11-5-2-6-12-17)19-15-21(16-9-3-1-4-10-16)32-20-14-8-7-13-18(20)26-19/h1,3-4,7-10,13-14,17,21,30H,2,5-6,11-12,15H2,(H,27,29,31). The van der Waals surface area contributed by atoms with Crippen LogP contribution >= 0.6 is 11.8 Å². The molecule has 2 heterocycles. The Morgan fingerprint density at radius 2 is 1.69 bits per heavy atom. The lowest BCUT2D eigenvalue weighted by Crippen LogP contribution is -2.36. The van der Waals surface area contributed by atoms with Crippen molar-refractivity contribution in [3.05, 3.63) is 86.6 Å². The topological polar surface area (TPSA) is 87.5 Å². The number of nitrogens with one attached hydrogen (secondary N) is 1. The Hall–Kier alpha value is -3.06. The largest absolute Gasteiger partial charge is 0.494 e. The van der Waals surface area contributed by atoms with Gasteiger partial charge < -0.3 is 5.11 Å². The van der Waals surface area contributed by atoms with Gasteiger partial charge in [0.25, 0.3) is 5.56 Å². The van der Waals surface area contributed by atoms with Crippen LogP contribution in [0.15, 0.2) is 74.1 Å². The number of aromatic amines is 1. The summed E-state index contributed by atoms with van der Waals surface area (Å²) < 4.78 is 1.37. The van der Waals surface area contributed by atoms with Crippen LogP contribution in [0.1, 0.15) is 60.9 Å². The van der Waals surface area contributed by atoms with Crippen LogP contribution in [0.2, 0.25) is 0 Å². The third kappa shape index (κ3) is 3.93. The maximum Gasteiger partial charge on any atom is 0.331 e. The minimum absolute atomic E-state index is 0.0208. The molecule has 1 fully saturated rings. The summed E-state index contributed by atoms with van der Waals surface area (Å²) in [5.74, 6) is -0.263. The van der Waals surface area contributed by atoms with Gasteiger partial charge in [0, 0.05) is 22.6 Å². The number of aromatic nitrogens is 2. The van der Waals surface area contributed by atoms with Gasteiger partial charge in [0.05, 0.1) is 11.4 Å². The fourth-order valence-electron chi connectivity index (χ4n) is 4.70. The molecule has 1 unspecified atom stereocenters. The first-order valence-electron chi connectivity index (χ1n) is 11.1. The number of benzene rings is 2. The maximum absolute atomic E-state index is 12.9. The van der Waals surface area contributed by atoms with Gasteiger partial charge in [0.15, 0.2) is 0 Å². The van der Waals surface area contributed by atoms with Gasteiger partial charge in [0.2, 0.25) is 5.88 Å². The molecule has 6 nitrogen and oxygen atoms in total. The molecule has 164 valence electrons. The zero-order chi connectivity index (χ0) is 22.1. The van der Waals surface area contributed by atoms with E-state index in [1.165, 1.54) is 4.57 Å². The number of aliphatic imine (C=N–C) groups is 1. The fourth-order valence-corrected chi connectivity index (χ4v) is 5.93. The number of rotatable bonds is 3. The average Bonchev–Trinajstić information content (AvgIpc) is 3.00. The predicted octanol–water partition coefficient (Wildman–Crippen LogP) is 5.11. The first-order valence-corrected chi connectivity index (χ1v) is 12.0. The second-order valence-electron chi connectivity index (χ2n) is 8.37. The van der Waals surface area contributed by atoms with Crippen LogP contribution in [0.4, 0.5) is 5.69 Å². The van der Waals surface area contributed by atoms with E-state index in [0.717, 1.165) is 48.3 Å². The van der Waals surface area contributed by atoms with Gasteiger partial charge >= 0.3 is 5.69 Å². The fraction of sp³-hybridized carbons (Fsp3) is 0.320. The highest BCUT2D eigenvalue weighted by Crippen LogP contribution is 2.45. The second-order valence-corrected chi connectivity index (χ2v) is 9.61. The SMILES string of the molecule is O=c1[nH]c(=O)n(C2CCCCC2)c(O)c1C1=Nc2ccccc2SC(c2ccccc2)C1. The number of para-hydroxylation sites is 1. The summed E-state index contributed by atoms with van der Waals surface area (Å²) in [4.78, 5) is 33.9. The van der Waals surface area contributed by atoms with Crippen molar-refractivity contribution in [2.45, 2.75) is 54.7 Å². The van der Waals surface area contributed by atoms with Crippen LogP contribution in [0.5, 0.6) is 5.88 Å². The Morgan fingerprint density at radius 1 is 0.969 bits per heavy atom.